The molecule has 5 nitrogen and oxygen atoms in total. The molecule has 0 radical (unpaired) electrons. The third-order valence-corrected chi connectivity index (χ3v) is 5.64. The van der Waals surface area contributed by atoms with E-state index in [0.717, 1.165) is 12.1 Å². The van der Waals surface area contributed by atoms with Gasteiger partial charge in [0, 0.05) is 18.3 Å². The zero-order valence-corrected chi connectivity index (χ0v) is 14.2. The quantitative estimate of drug-likeness (QED) is 0.881. The third-order valence-electron chi connectivity index (χ3n) is 4.10. The number of pyridine rings is 1. The topological polar surface area (TPSA) is 68.3 Å². The molecule has 1 fully saturated rings. The van der Waals surface area contributed by atoms with Crippen LogP contribution >= 0.6 is 0 Å². The fourth-order valence-corrected chi connectivity index (χ4v) is 4.25. The monoisotopic (exact) mass is 368 g/mol. The average molecular weight is 368 g/mol. The van der Waals surface area contributed by atoms with Crippen molar-refractivity contribution in [2.45, 2.75) is 42.7 Å². The van der Waals surface area contributed by atoms with Gasteiger partial charge in [-0.3, -0.25) is 0 Å². The van der Waals surface area contributed by atoms with Crippen LogP contribution in [-0.4, -0.2) is 25.5 Å². The molecule has 1 aliphatic carbocycles. The van der Waals surface area contributed by atoms with Gasteiger partial charge in [0.15, 0.2) is 0 Å². The molecule has 1 N–H and O–H groups in total. The molecule has 0 amide bonds. The summed E-state index contributed by atoms with van der Waals surface area (Å²) < 4.78 is 59.7. The number of hydrogen-bond acceptors (Lipinski definition) is 4. The molecular weight excluding hydrogens is 350 g/mol. The molecule has 0 saturated heterocycles. The molecule has 0 unspecified atom stereocenters. The van der Waals surface area contributed by atoms with E-state index < -0.39 is 26.6 Å². The Labute approximate surface area is 145 Å². The molecule has 0 aliphatic heterocycles. The van der Waals surface area contributed by atoms with Crippen LogP contribution in [0.15, 0.2) is 47.5 Å². The number of sulfonamides is 1. The van der Waals surface area contributed by atoms with Crippen molar-refractivity contribution in [3.05, 3.63) is 54.2 Å². The van der Waals surface area contributed by atoms with E-state index >= 15 is 0 Å². The van der Waals surface area contributed by atoms with Crippen molar-refractivity contribution < 1.29 is 21.9 Å². The van der Waals surface area contributed by atoms with Crippen LogP contribution in [0.1, 0.15) is 25.7 Å². The van der Waals surface area contributed by atoms with Crippen LogP contribution in [0.3, 0.4) is 0 Å². The fraction of sp³-hybridized carbons (Fsp3) is 0.353. The van der Waals surface area contributed by atoms with Gasteiger partial charge in [0.05, 0.1) is 0 Å². The first-order chi connectivity index (χ1) is 11.9. The van der Waals surface area contributed by atoms with Gasteiger partial charge >= 0.3 is 0 Å². The molecule has 1 aromatic heterocycles. The van der Waals surface area contributed by atoms with Crippen LogP contribution < -0.4 is 9.46 Å². The van der Waals surface area contributed by atoms with E-state index in [1.54, 1.807) is 18.3 Å². The Morgan fingerprint density at radius 2 is 1.84 bits per heavy atom. The summed E-state index contributed by atoms with van der Waals surface area (Å²) in [5.41, 5.74) is 0. The lowest BCUT2D eigenvalue weighted by atomic mass is 9.94. The summed E-state index contributed by atoms with van der Waals surface area (Å²) in [5, 5.41) is 0. The maximum Gasteiger partial charge on any atom is 0.243 e. The van der Waals surface area contributed by atoms with Gasteiger partial charge in [-0.15, -0.1) is 0 Å². The number of hydrogen-bond donors (Lipinski definition) is 1. The molecule has 1 aromatic carbocycles. The van der Waals surface area contributed by atoms with Gasteiger partial charge in [-0.1, -0.05) is 6.07 Å². The molecule has 1 aliphatic rings. The smallest absolute Gasteiger partial charge is 0.243 e. The van der Waals surface area contributed by atoms with Gasteiger partial charge in [0.25, 0.3) is 0 Å². The molecule has 0 bridgehead atoms. The Hall–Kier alpha value is -2.06. The van der Waals surface area contributed by atoms with E-state index in [-0.39, 0.29) is 12.1 Å². The lowest BCUT2D eigenvalue weighted by Crippen LogP contribution is -2.40. The Bertz CT molecular complexity index is 823. The minimum absolute atomic E-state index is 0.0402. The zero-order chi connectivity index (χ0) is 17.9. The van der Waals surface area contributed by atoms with E-state index in [2.05, 4.69) is 9.71 Å². The zero-order valence-electron chi connectivity index (χ0n) is 13.4. The summed E-state index contributed by atoms with van der Waals surface area (Å²) in [7, 11) is -4.11. The molecule has 2 aromatic rings. The highest BCUT2D eigenvalue weighted by molar-refractivity contribution is 7.89. The number of halogens is 2. The lowest BCUT2D eigenvalue weighted by molar-refractivity contribution is 0.138. The van der Waals surface area contributed by atoms with Crippen molar-refractivity contribution in [2.24, 2.45) is 0 Å². The SMILES string of the molecule is O=S(=O)(NC1CCC(Oc2ccccn2)CC1)c1cc(F)ccc1F. The standard InChI is InChI=1S/C17H18F2N2O3S/c18-12-4-9-15(19)16(11-12)25(22,23)21-13-5-7-14(8-6-13)24-17-3-1-2-10-20-17/h1-4,9-11,13-14,21H,5-8H2. The lowest BCUT2D eigenvalue weighted by Gasteiger charge is -2.29. The number of nitrogens with one attached hydrogen (secondary N) is 1. The summed E-state index contributed by atoms with van der Waals surface area (Å²) in [6.45, 7) is 0. The van der Waals surface area contributed by atoms with Crippen LogP contribution in [0.5, 0.6) is 5.88 Å². The van der Waals surface area contributed by atoms with Crippen molar-refractivity contribution >= 4 is 10.0 Å². The summed E-state index contributed by atoms with van der Waals surface area (Å²) in [6.07, 6.45) is 4.00. The van der Waals surface area contributed by atoms with E-state index in [9.17, 15) is 17.2 Å². The maximum absolute atomic E-state index is 13.7. The first kappa shape index (κ1) is 17.8. The van der Waals surface area contributed by atoms with E-state index in [0.29, 0.717) is 37.6 Å². The third kappa shape index (κ3) is 4.52. The average Bonchev–Trinajstić information content (AvgIpc) is 2.59. The van der Waals surface area contributed by atoms with Gasteiger partial charge in [-0.25, -0.2) is 26.9 Å². The summed E-state index contributed by atoms with van der Waals surface area (Å²) in [6, 6.07) is 7.43. The van der Waals surface area contributed by atoms with E-state index in [1.165, 1.54) is 0 Å². The van der Waals surface area contributed by atoms with E-state index in [4.69, 9.17) is 4.74 Å². The van der Waals surface area contributed by atoms with Crippen molar-refractivity contribution in [3.8, 4) is 5.88 Å². The van der Waals surface area contributed by atoms with E-state index in [1.807, 2.05) is 6.07 Å². The predicted molar refractivity (Wildman–Crippen MR) is 87.6 cm³/mol. The van der Waals surface area contributed by atoms with Crippen LogP contribution in [0.25, 0.3) is 0 Å². The van der Waals surface area contributed by atoms with Crippen molar-refractivity contribution in [3.63, 3.8) is 0 Å². The minimum atomic E-state index is -4.11. The summed E-state index contributed by atoms with van der Waals surface area (Å²) in [4.78, 5) is 3.43. The largest absolute Gasteiger partial charge is 0.474 e. The molecule has 1 saturated carbocycles. The molecule has 8 heteroatoms. The normalized spacial score (nSPS) is 21.0. The minimum Gasteiger partial charge on any atom is -0.474 e. The molecule has 1 heterocycles. The van der Waals surface area contributed by atoms with Gasteiger partial charge in [-0.05, 0) is 49.9 Å². The van der Waals surface area contributed by atoms with Gasteiger partial charge in [0.2, 0.25) is 15.9 Å². The second kappa shape index (κ2) is 7.45. The van der Waals surface area contributed by atoms with Crippen molar-refractivity contribution in [2.75, 3.05) is 0 Å². The van der Waals surface area contributed by atoms with Crippen LogP contribution in [0.2, 0.25) is 0 Å². The molecular formula is C17H18F2N2O3S. The Morgan fingerprint density at radius 3 is 2.52 bits per heavy atom. The number of benzene rings is 1. The molecule has 0 spiro atoms. The Balaban J connectivity index is 1.59. The first-order valence-corrected chi connectivity index (χ1v) is 9.47. The number of rotatable bonds is 5. The second-order valence-corrected chi connectivity index (χ2v) is 7.64. The number of aromatic nitrogens is 1. The Morgan fingerprint density at radius 1 is 1.08 bits per heavy atom. The van der Waals surface area contributed by atoms with Crippen LogP contribution in [0, 0.1) is 11.6 Å². The molecule has 3 rings (SSSR count). The first-order valence-electron chi connectivity index (χ1n) is 7.99. The van der Waals surface area contributed by atoms with Crippen LogP contribution in [0.4, 0.5) is 8.78 Å². The highest BCUT2D eigenvalue weighted by Crippen LogP contribution is 2.25. The predicted octanol–water partition coefficient (Wildman–Crippen LogP) is 3.03. The summed E-state index contributed by atoms with van der Waals surface area (Å²) in [5.74, 6) is -1.23. The second-order valence-electron chi connectivity index (χ2n) is 5.96. The highest BCUT2D eigenvalue weighted by Gasteiger charge is 2.28. The molecule has 0 atom stereocenters. The molecule has 134 valence electrons. The maximum atomic E-state index is 13.7. The van der Waals surface area contributed by atoms with Gasteiger partial charge in [-0.2, -0.15) is 0 Å². The van der Waals surface area contributed by atoms with Gasteiger partial charge < -0.3 is 4.74 Å². The van der Waals surface area contributed by atoms with Crippen molar-refractivity contribution in [1.82, 2.24) is 9.71 Å². The Kier molecular flexibility index (Phi) is 5.29. The number of nitrogens with zero attached hydrogens (tertiary/aromatic N) is 1. The molecule has 25 heavy (non-hydrogen) atoms. The summed E-state index contributed by atoms with van der Waals surface area (Å²) >= 11 is 0. The number of ether oxygens (including phenoxy) is 1. The fourth-order valence-electron chi connectivity index (χ4n) is 2.85. The highest BCUT2D eigenvalue weighted by atomic mass is 32.2. The van der Waals surface area contributed by atoms with Gasteiger partial charge in [0.1, 0.15) is 22.6 Å². The van der Waals surface area contributed by atoms with Crippen LogP contribution in [-0.2, 0) is 10.0 Å². The van der Waals surface area contributed by atoms with Crippen molar-refractivity contribution in [1.29, 1.82) is 0 Å².